The maximum atomic E-state index is 9.99. The average Bonchev–Trinajstić information content (AvgIpc) is 2.59. The Morgan fingerprint density at radius 3 is 2.87 bits per heavy atom. The number of hydrogen-bond donors (Lipinski definition) is 1. The van der Waals surface area contributed by atoms with E-state index in [4.69, 9.17) is 0 Å². The lowest BCUT2D eigenvalue weighted by Gasteiger charge is -2.13. The van der Waals surface area contributed by atoms with E-state index >= 15 is 0 Å². The predicted molar refractivity (Wildman–Crippen MR) is 65.2 cm³/mol. The summed E-state index contributed by atoms with van der Waals surface area (Å²) in [7, 11) is 0. The molecule has 0 spiro atoms. The minimum atomic E-state index is -0.326. The van der Waals surface area contributed by atoms with Gasteiger partial charge in [0.1, 0.15) is 0 Å². The van der Waals surface area contributed by atoms with Crippen LogP contribution in [0.25, 0.3) is 0 Å². The first-order valence-electron chi connectivity index (χ1n) is 5.24. The van der Waals surface area contributed by atoms with Gasteiger partial charge in [-0.25, -0.2) is 0 Å². The summed E-state index contributed by atoms with van der Waals surface area (Å²) in [6.07, 6.45) is 2.60. The van der Waals surface area contributed by atoms with Gasteiger partial charge < -0.3 is 5.11 Å². The van der Waals surface area contributed by atoms with Gasteiger partial charge in [0.2, 0.25) is 0 Å². The fourth-order valence-electron chi connectivity index (χ4n) is 1.85. The Morgan fingerprint density at radius 1 is 1.47 bits per heavy atom. The summed E-state index contributed by atoms with van der Waals surface area (Å²) in [5.74, 6) is 0. The standard InChI is InChI=1S/C13H16OS/c1-9(2)7-11(14)13-8-10-5-3-4-6-12(10)15-13/h3-7,11,13-14H,8H2,1-2H3. The lowest BCUT2D eigenvalue weighted by molar-refractivity contribution is 0.219. The highest BCUT2D eigenvalue weighted by Gasteiger charge is 2.26. The number of fused-ring (bicyclic) bond motifs is 1. The van der Waals surface area contributed by atoms with Gasteiger partial charge >= 0.3 is 0 Å². The van der Waals surface area contributed by atoms with Crippen LogP contribution in [0.2, 0.25) is 0 Å². The summed E-state index contributed by atoms with van der Waals surface area (Å²) in [6, 6.07) is 8.41. The number of aliphatic hydroxyl groups excluding tert-OH is 1. The van der Waals surface area contributed by atoms with Crippen molar-refractivity contribution in [2.45, 2.75) is 36.5 Å². The molecule has 0 aliphatic carbocycles. The molecule has 2 rings (SSSR count). The quantitative estimate of drug-likeness (QED) is 0.773. The summed E-state index contributed by atoms with van der Waals surface area (Å²) in [6.45, 7) is 4.05. The van der Waals surface area contributed by atoms with Gasteiger partial charge in [0.25, 0.3) is 0 Å². The third kappa shape index (κ3) is 2.44. The molecule has 0 saturated heterocycles. The smallest absolute Gasteiger partial charge is 0.0848 e. The molecule has 15 heavy (non-hydrogen) atoms. The van der Waals surface area contributed by atoms with E-state index in [2.05, 4.69) is 24.3 Å². The second kappa shape index (κ2) is 4.42. The molecule has 1 nitrogen and oxygen atoms in total. The van der Waals surface area contributed by atoms with Crippen LogP contribution in [0.5, 0.6) is 0 Å². The van der Waals surface area contributed by atoms with Gasteiger partial charge in [-0.15, -0.1) is 11.8 Å². The van der Waals surface area contributed by atoms with Crippen LogP contribution in [0, 0.1) is 0 Å². The maximum absolute atomic E-state index is 9.99. The van der Waals surface area contributed by atoms with Crippen molar-refractivity contribution in [1.29, 1.82) is 0 Å². The molecule has 2 unspecified atom stereocenters. The average molecular weight is 220 g/mol. The van der Waals surface area contributed by atoms with E-state index in [1.54, 1.807) is 11.8 Å². The van der Waals surface area contributed by atoms with E-state index in [1.165, 1.54) is 16.0 Å². The molecule has 1 N–H and O–H groups in total. The molecule has 0 bridgehead atoms. The highest BCUT2D eigenvalue weighted by Crippen LogP contribution is 2.38. The van der Waals surface area contributed by atoms with Crippen LogP contribution in [-0.2, 0) is 6.42 Å². The summed E-state index contributed by atoms with van der Waals surface area (Å²) >= 11 is 1.79. The highest BCUT2D eigenvalue weighted by molar-refractivity contribution is 8.00. The Balaban J connectivity index is 2.10. The van der Waals surface area contributed by atoms with E-state index < -0.39 is 0 Å². The molecular formula is C13H16OS. The Bertz CT molecular complexity index is 355. The first-order chi connectivity index (χ1) is 7.16. The van der Waals surface area contributed by atoms with Gasteiger partial charge in [0.05, 0.1) is 6.10 Å². The van der Waals surface area contributed by atoms with Crippen LogP contribution in [0.3, 0.4) is 0 Å². The van der Waals surface area contributed by atoms with Gasteiger partial charge in [0.15, 0.2) is 0 Å². The second-order valence-electron chi connectivity index (χ2n) is 4.20. The van der Waals surface area contributed by atoms with Gasteiger partial charge in [0, 0.05) is 10.1 Å². The summed E-state index contributed by atoms with van der Waals surface area (Å²) in [5.41, 5.74) is 2.55. The first kappa shape index (κ1) is 10.8. The van der Waals surface area contributed by atoms with Crippen LogP contribution >= 0.6 is 11.8 Å². The number of benzene rings is 1. The third-order valence-electron chi connectivity index (χ3n) is 2.56. The SMILES string of the molecule is CC(C)=CC(O)C1Cc2ccccc2S1. The number of hydrogen-bond acceptors (Lipinski definition) is 2. The Labute approximate surface area is 95.2 Å². The monoisotopic (exact) mass is 220 g/mol. The zero-order valence-electron chi connectivity index (χ0n) is 9.10. The maximum Gasteiger partial charge on any atom is 0.0848 e. The summed E-state index contributed by atoms with van der Waals surface area (Å²) in [4.78, 5) is 1.32. The van der Waals surface area contributed by atoms with Gasteiger partial charge in [-0.2, -0.15) is 0 Å². The fraction of sp³-hybridized carbons (Fsp3) is 0.385. The molecule has 1 aromatic rings. The first-order valence-corrected chi connectivity index (χ1v) is 6.12. The molecule has 0 fully saturated rings. The van der Waals surface area contributed by atoms with E-state index in [9.17, 15) is 5.11 Å². The van der Waals surface area contributed by atoms with Crippen molar-refractivity contribution in [3.8, 4) is 0 Å². The number of thioether (sulfide) groups is 1. The van der Waals surface area contributed by atoms with E-state index in [1.807, 2.05) is 19.9 Å². The Morgan fingerprint density at radius 2 is 2.20 bits per heavy atom. The lowest BCUT2D eigenvalue weighted by Crippen LogP contribution is -2.20. The Hall–Kier alpha value is -0.730. The zero-order chi connectivity index (χ0) is 10.8. The molecule has 80 valence electrons. The molecule has 0 aromatic heterocycles. The van der Waals surface area contributed by atoms with Crippen molar-refractivity contribution in [1.82, 2.24) is 0 Å². The van der Waals surface area contributed by atoms with Gasteiger partial charge in [-0.1, -0.05) is 29.8 Å². The van der Waals surface area contributed by atoms with Gasteiger partial charge in [-0.3, -0.25) is 0 Å². The van der Waals surface area contributed by atoms with Crippen molar-refractivity contribution in [3.05, 3.63) is 41.5 Å². The summed E-state index contributed by atoms with van der Waals surface area (Å²) < 4.78 is 0. The highest BCUT2D eigenvalue weighted by atomic mass is 32.2. The molecule has 1 aromatic carbocycles. The van der Waals surface area contributed by atoms with Crippen molar-refractivity contribution in [2.24, 2.45) is 0 Å². The number of aliphatic hydroxyl groups is 1. The van der Waals surface area contributed by atoms with Crippen LogP contribution in [-0.4, -0.2) is 16.5 Å². The van der Waals surface area contributed by atoms with Gasteiger partial charge in [-0.05, 0) is 31.9 Å². The van der Waals surface area contributed by atoms with Crippen LogP contribution in [0.4, 0.5) is 0 Å². The van der Waals surface area contributed by atoms with Crippen molar-refractivity contribution >= 4 is 11.8 Å². The number of rotatable bonds is 2. The van der Waals surface area contributed by atoms with Crippen molar-refractivity contribution < 1.29 is 5.11 Å². The third-order valence-corrected chi connectivity index (χ3v) is 3.96. The van der Waals surface area contributed by atoms with Crippen LogP contribution in [0.1, 0.15) is 19.4 Å². The van der Waals surface area contributed by atoms with Crippen molar-refractivity contribution in [2.75, 3.05) is 0 Å². The second-order valence-corrected chi connectivity index (χ2v) is 5.48. The van der Waals surface area contributed by atoms with Crippen LogP contribution in [0.15, 0.2) is 40.8 Å². The predicted octanol–water partition coefficient (Wildman–Crippen LogP) is 3.03. The normalized spacial score (nSPS) is 20.9. The topological polar surface area (TPSA) is 20.2 Å². The lowest BCUT2D eigenvalue weighted by atomic mass is 10.1. The van der Waals surface area contributed by atoms with E-state index in [0.717, 1.165) is 6.42 Å². The molecule has 2 heteroatoms. The molecule has 1 aliphatic rings. The molecule has 0 amide bonds. The fourth-order valence-corrected chi connectivity index (χ4v) is 3.12. The molecule has 1 aliphatic heterocycles. The molecular weight excluding hydrogens is 204 g/mol. The molecule has 1 heterocycles. The number of allylic oxidation sites excluding steroid dienone is 1. The zero-order valence-corrected chi connectivity index (χ0v) is 9.92. The minimum absolute atomic E-state index is 0.289. The molecule has 2 atom stereocenters. The van der Waals surface area contributed by atoms with E-state index in [0.29, 0.717) is 0 Å². The minimum Gasteiger partial charge on any atom is -0.388 e. The van der Waals surface area contributed by atoms with Crippen molar-refractivity contribution in [3.63, 3.8) is 0 Å². The molecule has 0 saturated carbocycles. The molecule has 0 radical (unpaired) electrons. The van der Waals surface area contributed by atoms with E-state index in [-0.39, 0.29) is 11.4 Å². The largest absolute Gasteiger partial charge is 0.388 e. The van der Waals surface area contributed by atoms with Crippen LogP contribution < -0.4 is 0 Å². The Kier molecular flexibility index (Phi) is 3.17. The summed E-state index contributed by atoms with van der Waals surface area (Å²) in [5, 5.41) is 10.3.